The van der Waals surface area contributed by atoms with E-state index in [-0.39, 0.29) is 29.6 Å². The van der Waals surface area contributed by atoms with Crippen molar-refractivity contribution in [1.82, 2.24) is 15.6 Å². The zero-order valence-electron chi connectivity index (χ0n) is 20.8. The van der Waals surface area contributed by atoms with Gasteiger partial charge in [-0.15, -0.1) is 0 Å². The highest BCUT2D eigenvalue weighted by Gasteiger charge is 2.29. The molecule has 194 valence electrons. The van der Waals surface area contributed by atoms with Crippen LogP contribution in [0.3, 0.4) is 0 Å². The Hall–Kier alpha value is -3.36. The van der Waals surface area contributed by atoms with Gasteiger partial charge in [0.25, 0.3) is 0 Å². The summed E-state index contributed by atoms with van der Waals surface area (Å²) in [6.07, 6.45) is 2.57. The molecule has 1 amide bonds. The lowest BCUT2D eigenvalue weighted by Gasteiger charge is -2.18. The predicted molar refractivity (Wildman–Crippen MR) is 139 cm³/mol. The molecular formula is C28H29ClFN3O4. The van der Waals surface area contributed by atoms with Crippen LogP contribution < -0.4 is 24.8 Å². The smallest absolute Gasteiger partial charge is 0.236 e. The van der Waals surface area contributed by atoms with E-state index in [1.165, 1.54) is 7.11 Å². The number of pyridine rings is 1. The van der Waals surface area contributed by atoms with Gasteiger partial charge in [0.15, 0.2) is 11.6 Å². The van der Waals surface area contributed by atoms with E-state index in [4.69, 9.17) is 25.8 Å². The maximum atomic E-state index is 15.0. The molecule has 3 aromatic rings. The van der Waals surface area contributed by atoms with Crippen molar-refractivity contribution < 1.29 is 23.4 Å². The van der Waals surface area contributed by atoms with Gasteiger partial charge in [-0.1, -0.05) is 41.9 Å². The number of fused-ring (bicyclic) bond motifs is 1. The summed E-state index contributed by atoms with van der Waals surface area (Å²) in [4.78, 5) is 15.9. The molecule has 1 saturated heterocycles. The van der Waals surface area contributed by atoms with Crippen LogP contribution >= 0.6 is 11.6 Å². The molecule has 2 N–H and O–H groups in total. The number of benzene rings is 2. The molecule has 5 rings (SSSR count). The van der Waals surface area contributed by atoms with Crippen LogP contribution in [0.15, 0.2) is 42.5 Å². The number of carbonyl (C=O) groups is 1. The third-order valence-corrected chi connectivity index (χ3v) is 7.18. The van der Waals surface area contributed by atoms with E-state index in [1.54, 1.807) is 31.4 Å². The second-order valence-corrected chi connectivity index (χ2v) is 9.63. The highest BCUT2D eigenvalue weighted by molar-refractivity contribution is 6.31. The molecule has 1 fully saturated rings. The standard InChI is InChI=1S/C28H29ClFN3O4/c1-35-24-8-4-7-21(26(24)30)18-5-3-6-20-19(18)10-11-23(20)37-28-22(29)13-16(27(33-28)36-2)14-31-15-17-9-12-25(34)32-17/h3-8,13,17,23,31H,9-12,14-15H2,1-2H3,(H,32,34)/t17-,23-/m0/s1. The Morgan fingerprint density at radius 1 is 1.08 bits per heavy atom. The van der Waals surface area contributed by atoms with Gasteiger partial charge >= 0.3 is 0 Å². The van der Waals surface area contributed by atoms with Gasteiger partial charge in [0.2, 0.25) is 17.7 Å². The third-order valence-electron chi connectivity index (χ3n) is 6.91. The van der Waals surface area contributed by atoms with Crippen LogP contribution in [0, 0.1) is 5.82 Å². The van der Waals surface area contributed by atoms with Crippen LogP contribution in [0.2, 0.25) is 5.02 Å². The number of rotatable bonds is 9. The van der Waals surface area contributed by atoms with Crippen molar-refractivity contribution >= 4 is 17.5 Å². The normalized spacial score (nSPS) is 18.4. The number of hydrogen-bond acceptors (Lipinski definition) is 6. The molecule has 0 saturated carbocycles. The van der Waals surface area contributed by atoms with Gasteiger partial charge in [-0.25, -0.2) is 4.39 Å². The van der Waals surface area contributed by atoms with Crippen LogP contribution in [0.25, 0.3) is 11.1 Å². The molecule has 2 heterocycles. The minimum atomic E-state index is -0.378. The molecule has 2 aliphatic rings. The lowest BCUT2D eigenvalue weighted by Crippen LogP contribution is -2.35. The summed E-state index contributed by atoms with van der Waals surface area (Å²) in [7, 11) is 3.02. The molecule has 1 aliphatic heterocycles. The quantitative estimate of drug-likeness (QED) is 0.409. The molecule has 0 unspecified atom stereocenters. The highest BCUT2D eigenvalue weighted by Crippen LogP contribution is 2.42. The number of ether oxygens (including phenoxy) is 3. The van der Waals surface area contributed by atoms with E-state index in [9.17, 15) is 4.79 Å². The van der Waals surface area contributed by atoms with Crippen LogP contribution in [0.4, 0.5) is 4.39 Å². The Morgan fingerprint density at radius 2 is 1.89 bits per heavy atom. The van der Waals surface area contributed by atoms with Gasteiger partial charge in [-0.3, -0.25) is 4.79 Å². The van der Waals surface area contributed by atoms with Gasteiger partial charge in [0.05, 0.1) is 14.2 Å². The maximum Gasteiger partial charge on any atom is 0.236 e. The van der Waals surface area contributed by atoms with Crippen molar-refractivity contribution in [1.29, 1.82) is 0 Å². The molecule has 9 heteroatoms. The Balaban J connectivity index is 1.33. The topological polar surface area (TPSA) is 81.7 Å². The summed E-state index contributed by atoms with van der Waals surface area (Å²) in [6, 6.07) is 12.9. The molecule has 7 nitrogen and oxygen atoms in total. The summed E-state index contributed by atoms with van der Waals surface area (Å²) in [5.74, 6) is 0.641. The van der Waals surface area contributed by atoms with E-state index >= 15 is 4.39 Å². The number of amides is 1. The molecule has 0 radical (unpaired) electrons. The van der Waals surface area contributed by atoms with Crippen molar-refractivity contribution in [3.63, 3.8) is 0 Å². The first-order valence-corrected chi connectivity index (χ1v) is 12.7. The van der Waals surface area contributed by atoms with Crippen molar-refractivity contribution in [3.05, 3.63) is 70.0 Å². The van der Waals surface area contributed by atoms with Crippen LogP contribution in [-0.2, 0) is 17.8 Å². The van der Waals surface area contributed by atoms with Crippen molar-refractivity contribution in [3.8, 4) is 28.6 Å². The van der Waals surface area contributed by atoms with Crippen LogP contribution in [-0.4, -0.2) is 37.7 Å². The highest BCUT2D eigenvalue weighted by atomic mass is 35.5. The zero-order chi connectivity index (χ0) is 25.9. The summed E-state index contributed by atoms with van der Waals surface area (Å²) >= 11 is 6.58. The predicted octanol–water partition coefficient (Wildman–Crippen LogP) is 4.99. The van der Waals surface area contributed by atoms with E-state index in [2.05, 4.69) is 15.6 Å². The van der Waals surface area contributed by atoms with E-state index in [0.717, 1.165) is 35.1 Å². The summed E-state index contributed by atoms with van der Waals surface area (Å²) in [5.41, 5.74) is 4.16. The minimum Gasteiger partial charge on any atom is -0.494 e. The minimum absolute atomic E-state index is 0.0878. The average molecular weight is 526 g/mol. The van der Waals surface area contributed by atoms with E-state index in [0.29, 0.717) is 48.3 Å². The average Bonchev–Trinajstić information content (AvgIpc) is 3.51. The number of aromatic nitrogens is 1. The molecule has 2 atom stereocenters. The number of hydrogen-bond donors (Lipinski definition) is 2. The van der Waals surface area contributed by atoms with Gasteiger partial charge in [0.1, 0.15) is 11.1 Å². The largest absolute Gasteiger partial charge is 0.494 e. The summed E-state index contributed by atoms with van der Waals surface area (Å²) in [6.45, 7) is 1.14. The number of methoxy groups -OCH3 is 2. The van der Waals surface area contributed by atoms with Crippen LogP contribution in [0.5, 0.6) is 17.5 Å². The molecular weight excluding hydrogens is 497 g/mol. The third kappa shape index (κ3) is 5.22. The monoisotopic (exact) mass is 525 g/mol. The number of carbonyl (C=O) groups excluding carboxylic acids is 1. The Labute approximate surface area is 220 Å². The first-order chi connectivity index (χ1) is 18.0. The summed E-state index contributed by atoms with van der Waals surface area (Å²) < 4.78 is 32.0. The molecule has 37 heavy (non-hydrogen) atoms. The number of nitrogens with one attached hydrogen (secondary N) is 2. The first kappa shape index (κ1) is 25.3. The van der Waals surface area contributed by atoms with Crippen molar-refractivity contribution in [2.75, 3.05) is 20.8 Å². The zero-order valence-corrected chi connectivity index (χ0v) is 21.5. The Kier molecular flexibility index (Phi) is 7.48. The summed E-state index contributed by atoms with van der Waals surface area (Å²) in [5, 5.41) is 6.66. The van der Waals surface area contributed by atoms with E-state index in [1.807, 2.05) is 18.2 Å². The molecule has 0 bridgehead atoms. The molecule has 0 spiro atoms. The SMILES string of the molecule is COc1cccc(-c2cccc3c2CC[C@@H]3Oc2nc(OC)c(CNC[C@@H]3CCC(=O)N3)cc2Cl)c1F. The van der Waals surface area contributed by atoms with Gasteiger partial charge in [0, 0.05) is 36.7 Å². The number of halogens is 2. The van der Waals surface area contributed by atoms with Gasteiger partial charge < -0.3 is 24.8 Å². The first-order valence-electron chi connectivity index (χ1n) is 12.3. The number of nitrogens with zero attached hydrogens (tertiary/aromatic N) is 1. The lowest BCUT2D eigenvalue weighted by atomic mass is 9.96. The van der Waals surface area contributed by atoms with Crippen molar-refractivity contribution in [2.45, 2.75) is 44.4 Å². The fourth-order valence-electron chi connectivity index (χ4n) is 5.09. The van der Waals surface area contributed by atoms with E-state index < -0.39 is 0 Å². The fourth-order valence-corrected chi connectivity index (χ4v) is 5.31. The lowest BCUT2D eigenvalue weighted by molar-refractivity contribution is -0.119. The van der Waals surface area contributed by atoms with Gasteiger partial charge in [-0.05, 0) is 48.1 Å². The van der Waals surface area contributed by atoms with Crippen molar-refractivity contribution in [2.24, 2.45) is 0 Å². The molecule has 1 aliphatic carbocycles. The second-order valence-electron chi connectivity index (χ2n) is 9.22. The Morgan fingerprint density at radius 3 is 2.65 bits per heavy atom. The second kappa shape index (κ2) is 10.9. The molecule has 2 aromatic carbocycles. The van der Waals surface area contributed by atoms with Crippen LogP contribution in [0.1, 0.15) is 42.1 Å². The molecule has 1 aromatic heterocycles. The van der Waals surface area contributed by atoms with Gasteiger partial charge in [-0.2, -0.15) is 4.98 Å². The maximum absolute atomic E-state index is 15.0. The fraction of sp³-hybridized carbons (Fsp3) is 0.357. The Bertz CT molecular complexity index is 1320.